The Labute approximate surface area is 130 Å². The fraction of sp³-hybridized carbons (Fsp3) is 0.562. The van der Waals surface area contributed by atoms with E-state index in [1.54, 1.807) is 4.68 Å². The highest BCUT2D eigenvalue weighted by atomic mass is 16.1. The van der Waals surface area contributed by atoms with Crippen molar-refractivity contribution >= 4 is 0 Å². The van der Waals surface area contributed by atoms with Gasteiger partial charge in [-0.05, 0) is 0 Å². The van der Waals surface area contributed by atoms with Crippen molar-refractivity contribution in [2.24, 2.45) is 7.05 Å². The lowest BCUT2D eigenvalue weighted by Gasteiger charge is -2.28. The van der Waals surface area contributed by atoms with Crippen LogP contribution in [0, 0.1) is 0 Å². The van der Waals surface area contributed by atoms with Gasteiger partial charge in [-0.3, -0.25) is 14.4 Å². The van der Waals surface area contributed by atoms with Gasteiger partial charge in [-0.1, -0.05) is 20.8 Å². The van der Waals surface area contributed by atoms with Gasteiger partial charge in [0.1, 0.15) is 5.82 Å². The Bertz CT molecular complexity index is 738. The summed E-state index contributed by atoms with van der Waals surface area (Å²) in [7, 11) is 1.91. The molecule has 0 fully saturated rings. The molecule has 0 spiro atoms. The first-order valence-corrected chi connectivity index (χ1v) is 7.65. The minimum Gasteiger partial charge on any atom is -0.310 e. The van der Waals surface area contributed by atoms with Crippen LogP contribution in [0.25, 0.3) is 0 Å². The quantitative estimate of drug-likeness (QED) is 0.909. The summed E-state index contributed by atoms with van der Waals surface area (Å²) in [6.45, 7) is 8.58. The highest BCUT2D eigenvalue weighted by Gasteiger charge is 2.24. The van der Waals surface area contributed by atoms with E-state index in [0.29, 0.717) is 6.54 Å². The monoisotopic (exact) mass is 301 g/mol. The molecule has 0 saturated heterocycles. The van der Waals surface area contributed by atoms with E-state index in [9.17, 15) is 4.79 Å². The first-order valence-electron chi connectivity index (χ1n) is 7.65. The number of aromatic amines is 1. The molecule has 6 heteroatoms. The zero-order chi connectivity index (χ0) is 15.9. The molecular weight excluding hydrogens is 278 g/mol. The van der Waals surface area contributed by atoms with Crippen LogP contribution in [0.15, 0.2) is 17.2 Å². The number of nitrogens with zero attached hydrogens (tertiary/aromatic N) is 4. The van der Waals surface area contributed by atoms with Gasteiger partial charge in [-0.15, -0.1) is 0 Å². The average Bonchev–Trinajstić information content (AvgIpc) is 2.83. The van der Waals surface area contributed by atoms with Crippen LogP contribution in [0.4, 0.5) is 0 Å². The molecule has 1 N–H and O–H groups in total. The predicted molar refractivity (Wildman–Crippen MR) is 84.6 cm³/mol. The van der Waals surface area contributed by atoms with Crippen molar-refractivity contribution in [1.82, 2.24) is 24.6 Å². The van der Waals surface area contributed by atoms with Gasteiger partial charge in [0, 0.05) is 50.3 Å². The van der Waals surface area contributed by atoms with E-state index in [2.05, 4.69) is 35.8 Å². The molecule has 0 saturated carbocycles. The first-order chi connectivity index (χ1) is 10.3. The SMILES string of the molecule is Cn1cc(CN2CCc3nc(C(C)(C)C)[nH]c(=O)c3C2)cn1. The maximum atomic E-state index is 12.4. The number of H-pyrrole nitrogens is 1. The normalized spacial score (nSPS) is 15.8. The van der Waals surface area contributed by atoms with E-state index in [-0.39, 0.29) is 11.0 Å². The number of aryl methyl sites for hydroxylation is 1. The molecule has 0 bridgehead atoms. The van der Waals surface area contributed by atoms with E-state index < -0.39 is 0 Å². The zero-order valence-electron chi connectivity index (χ0n) is 13.7. The van der Waals surface area contributed by atoms with Crippen molar-refractivity contribution in [3.05, 3.63) is 45.4 Å². The van der Waals surface area contributed by atoms with Gasteiger partial charge in [0.2, 0.25) is 0 Å². The van der Waals surface area contributed by atoms with E-state index >= 15 is 0 Å². The van der Waals surface area contributed by atoms with Crippen LogP contribution in [-0.4, -0.2) is 31.2 Å². The summed E-state index contributed by atoms with van der Waals surface area (Å²) in [4.78, 5) is 22.3. The molecule has 3 rings (SSSR count). The van der Waals surface area contributed by atoms with Crippen molar-refractivity contribution in [3.63, 3.8) is 0 Å². The Hall–Kier alpha value is -1.95. The van der Waals surface area contributed by atoms with Crippen LogP contribution < -0.4 is 5.56 Å². The van der Waals surface area contributed by atoms with Crippen LogP contribution in [0.1, 0.15) is 43.4 Å². The van der Waals surface area contributed by atoms with Gasteiger partial charge in [0.15, 0.2) is 0 Å². The standard InChI is InChI=1S/C16H23N5O/c1-16(2,3)15-18-13-5-6-21(10-12(13)14(22)19-15)9-11-7-17-20(4)8-11/h7-8H,5-6,9-10H2,1-4H3,(H,18,19,22). The number of fused-ring (bicyclic) bond motifs is 1. The zero-order valence-corrected chi connectivity index (χ0v) is 13.7. The molecule has 2 aromatic rings. The molecule has 0 aromatic carbocycles. The first kappa shape index (κ1) is 15.0. The summed E-state index contributed by atoms with van der Waals surface area (Å²) in [5.74, 6) is 0.775. The summed E-state index contributed by atoms with van der Waals surface area (Å²) >= 11 is 0. The molecule has 0 amide bonds. The minimum absolute atomic E-state index is 0.00538. The number of nitrogens with one attached hydrogen (secondary N) is 1. The average molecular weight is 301 g/mol. The molecule has 118 valence electrons. The number of rotatable bonds is 2. The third-order valence-corrected chi connectivity index (χ3v) is 4.02. The molecular formula is C16H23N5O. The van der Waals surface area contributed by atoms with Crippen LogP contribution in [0.2, 0.25) is 0 Å². The lowest BCUT2D eigenvalue weighted by atomic mass is 9.95. The molecule has 22 heavy (non-hydrogen) atoms. The summed E-state index contributed by atoms with van der Waals surface area (Å²) in [6, 6.07) is 0. The van der Waals surface area contributed by atoms with E-state index in [4.69, 9.17) is 4.98 Å². The maximum Gasteiger partial charge on any atom is 0.255 e. The predicted octanol–water partition coefficient (Wildman–Crippen LogP) is 1.36. The molecule has 1 aliphatic rings. The number of hydrogen-bond acceptors (Lipinski definition) is 4. The summed E-state index contributed by atoms with van der Waals surface area (Å²) in [6.07, 6.45) is 4.71. The fourth-order valence-electron chi connectivity index (χ4n) is 2.78. The molecule has 2 aromatic heterocycles. The third kappa shape index (κ3) is 2.97. The molecule has 0 unspecified atom stereocenters. The fourth-order valence-corrected chi connectivity index (χ4v) is 2.78. The van der Waals surface area contributed by atoms with E-state index in [1.807, 2.05) is 19.4 Å². The van der Waals surface area contributed by atoms with Crippen molar-refractivity contribution in [1.29, 1.82) is 0 Å². The van der Waals surface area contributed by atoms with Crippen LogP contribution in [0.3, 0.4) is 0 Å². The molecule has 0 radical (unpaired) electrons. The summed E-state index contributed by atoms with van der Waals surface area (Å²) in [5, 5.41) is 4.19. The smallest absolute Gasteiger partial charge is 0.255 e. The van der Waals surface area contributed by atoms with Gasteiger partial charge in [-0.2, -0.15) is 5.10 Å². The van der Waals surface area contributed by atoms with E-state index in [1.165, 1.54) is 5.56 Å². The van der Waals surface area contributed by atoms with Gasteiger partial charge in [0.25, 0.3) is 5.56 Å². The largest absolute Gasteiger partial charge is 0.310 e. The van der Waals surface area contributed by atoms with Crippen molar-refractivity contribution in [2.75, 3.05) is 6.54 Å². The van der Waals surface area contributed by atoms with Crippen LogP contribution >= 0.6 is 0 Å². The summed E-state index contributed by atoms with van der Waals surface area (Å²) < 4.78 is 1.80. The van der Waals surface area contributed by atoms with Gasteiger partial charge in [0.05, 0.1) is 17.5 Å². The molecule has 6 nitrogen and oxygen atoms in total. The molecule has 0 aliphatic carbocycles. The Kier molecular flexibility index (Phi) is 3.64. The Morgan fingerprint density at radius 2 is 2.14 bits per heavy atom. The van der Waals surface area contributed by atoms with Crippen molar-refractivity contribution in [2.45, 2.75) is 45.7 Å². The Morgan fingerprint density at radius 3 is 2.77 bits per heavy atom. The molecule has 3 heterocycles. The molecule has 1 aliphatic heterocycles. The highest BCUT2D eigenvalue weighted by Crippen LogP contribution is 2.21. The second-order valence-corrected chi connectivity index (χ2v) is 7.07. The number of hydrogen-bond donors (Lipinski definition) is 1. The van der Waals surface area contributed by atoms with E-state index in [0.717, 1.165) is 36.6 Å². The van der Waals surface area contributed by atoms with Gasteiger partial charge in [-0.25, -0.2) is 4.98 Å². The van der Waals surface area contributed by atoms with Crippen LogP contribution in [-0.2, 0) is 32.0 Å². The maximum absolute atomic E-state index is 12.4. The highest BCUT2D eigenvalue weighted by molar-refractivity contribution is 5.23. The third-order valence-electron chi connectivity index (χ3n) is 4.02. The second kappa shape index (κ2) is 5.35. The lowest BCUT2D eigenvalue weighted by Crippen LogP contribution is -2.37. The lowest BCUT2D eigenvalue weighted by molar-refractivity contribution is 0.241. The Balaban J connectivity index is 1.83. The minimum atomic E-state index is -0.138. The molecule has 0 atom stereocenters. The van der Waals surface area contributed by atoms with Crippen LogP contribution in [0.5, 0.6) is 0 Å². The number of aromatic nitrogens is 4. The van der Waals surface area contributed by atoms with Gasteiger partial charge < -0.3 is 4.98 Å². The van der Waals surface area contributed by atoms with Crippen molar-refractivity contribution in [3.8, 4) is 0 Å². The van der Waals surface area contributed by atoms with Gasteiger partial charge >= 0.3 is 0 Å². The summed E-state index contributed by atoms with van der Waals surface area (Å²) in [5.41, 5.74) is 2.80. The topological polar surface area (TPSA) is 66.8 Å². The van der Waals surface area contributed by atoms with Crippen molar-refractivity contribution < 1.29 is 0 Å². The second-order valence-electron chi connectivity index (χ2n) is 7.07. The Morgan fingerprint density at radius 1 is 1.36 bits per heavy atom.